The molecule has 1 fully saturated rings. The van der Waals surface area contributed by atoms with Gasteiger partial charge in [0.15, 0.2) is 0 Å². The van der Waals surface area contributed by atoms with Crippen LogP contribution < -0.4 is 0 Å². The van der Waals surface area contributed by atoms with Crippen LogP contribution in [0.15, 0.2) is 0 Å². The summed E-state index contributed by atoms with van der Waals surface area (Å²) in [5.41, 5.74) is 0. The minimum absolute atomic E-state index is 0.418. The second-order valence-electron chi connectivity index (χ2n) is 2.44. The maximum absolute atomic E-state index is 5.75. The molecule has 0 radical (unpaired) electrons. The summed E-state index contributed by atoms with van der Waals surface area (Å²) in [4.78, 5) is 0. The van der Waals surface area contributed by atoms with Gasteiger partial charge in [-0.2, -0.15) is 0 Å². The Bertz CT molecular complexity index is 103. The van der Waals surface area contributed by atoms with Crippen LogP contribution >= 0.6 is 23.2 Å². The fraction of sp³-hybridized carbons (Fsp3) is 1.00. The third kappa shape index (κ3) is 1.99. The van der Waals surface area contributed by atoms with Crippen LogP contribution in [0.3, 0.4) is 0 Å². The molecule has 1 saturated carbocycles. The quantitative estimate of drug-likeness (QED) is 0.588. The molecule has 0 amide bonds. The first kappa shape index (κ1) is 7.64. The Balaban J connectivity index is 2.06. The van der Waals surface area contributed by atoms with Gasteiger partial charge in [-0.3, -0.25) is 0 Å². The van der Waals surface area contributed by atoms with Gasteiger partial charge in [0, 0.05) is 13.7 Å². The molecular weight excluding hydrogens is 159 g/mol. The van der Waals surface area contributed by atoms with E-state index in [0.717, 1.165) is 19.4 Å². The lowest BCUT2D eigenvalue weighted by Gasteiger charge is -1.97. The first-order valence-corrected chi connectivity index (χ1v) is 3.79. The molecule has 9 heavy (non-hydrogen) atoms. The van der Waals surface area contributed by atoms with Crippen LogP contribution in [0, 0.1) is 5.92 Å². The van der Waals surface area contributed by atoms with Gasteiger partial charge in [-0.25, -0.2) is 0 Å². The van der Waals surface area contributed by atoms with E-state index in [1.54, 1.807) is 7.11 Å². The van der Waals surface area contributed by atoms with Crippen LogP contribution in [-0.4, -0.2) is 18.1 Å². The zero-order valence-electron chi connectivity index (χ0n) is 5.36. The fourth-order valence-corrected chi connectivity index (χ4v) is 1.43. The molecule has 0 aliphatic heterocycles. The fourth-order valence-electron chi connectivity index (χ4n) is 0.843. The Labute approximate surface area is 65.3 Å². The third-order valence-corrected chi connectivity index (χ3v) is 2.55. The topological polar surface area (TPSA) is 9.23 Å². The Morgan fingerprint density at radius 2 is 2.22 bits per heavy atom. The summed E-state index contributed by atoms with van der Waals surface area (Å²) >= 11 is 11.5. The Morgan fingerprint density at radius 3 is 2.56 bits per heavy atom. The van der Waals surface area contributed by atoms with Gasteiger partial charge in [-0.15, -0.1) is 23.2 Å². The van der Waals surface area contributed by atoms with Gasteiger partial charge in [0.25, 0.3) is 0 Å². The molecule has 1 aliphatic carbocycles. The first-order chi connectivity index (χ1) is 4.17. The largest absolute Gasteiger partial charge is 0.385 e. The predicted molar refractivity (Wildman–Crippen MR) is 39.0 cm³/mol. The average molecular weight is 169 g/mol. The van der Waals surface area contributed by atoms with Crippen molar-refractivity contribution < 1.29 is 4.74 Å². The van der Waals surface area contributed by atoms with Crippen LogP contribution in [0.25, 0.3) is 0 Å². The van der Waals surface area contributed by atoms with Crippen molar-refractivity contribution in [2.75, 3.05) is 13.7 Å². The molecule has 0 N–H and O–H groups in total. The molecule has 0 spiro atoms. The molecule has 0 bridgehead atoms. The molecule has 0 heterocycles. The minimum atomic E-state index is -0.418. The van der Waals surface area contributed by atoms with E-state index in [1.807, 2.05) is 0 Å². The van der Waals surface area contributed by atoms with Gasteiger partial charge in [0.2, 0.25) is 0 Å². The summed E-state index contributed by atoms with van der Waals surface area (Å²) in [6.07, 6.45) is 1.92. The second-order valence-corrected chi connectivity index (χ2v) is 3.99. The lowest BCUT2D eigenvalue weighted by Crippen LogP contribution is -1.95. The molecule has 1 unspecified atom stereocenters. The van der Waals surface area contributed by atoms with Crippen molar-refractivity contribution in [3.8, 4) is 0 Å². The lowest BCUT2D eigenvalue weighted by atomic mass is 10.3. The monoisotopic (exact) mass is 168 g/mol. The number of hydrogen-bond acceptors (Lipinski definition) is 1. The number of methoxy groups -OCH3 is 1. The molecule has 0 aromatic rings. The van der Waals surface area contributed by atoms with Gasteiger partial charge >= 0.3 is 0 Å². The van der Waals surface area contributed by atoms with E-state index >= 15 is 0 Å². The molecule has 0 aromatic heterocycles. The van der Waals surface area contributed by atoms with E-state index in [9.17, 15) is 0 Å². The van der Waals surface area contributed by atoms with E-state index in [1.165, 1.54) is 0 Å². The second kappa shape index (κ2) is 2.65. The van der Waals surface area contributed by atoms with Crippen LogP contribution in [-0.2, 0) is 4.74 Å². The van der Waals surface area contributed by atoms with Crippen LogP contribution in [0.5, 0.6) is 0 Å². The van der Waals surface area contributed by atoms with Crippen molar-refractivity contribution in [1.82, 2.24) is 0 Å². The molecular formula is C6H10Cl2O. The van der Waals surface area contributed by atoms with Gasteiger partial charge in [0.05, 0.1) is 0 Å². The van der Waals surface area contributed by atoms with E-state index < -0.39 is 4.33 Å². The van der Waals surface area contributed by atoms with Crippen molar-refractivity contribution in [2.45, 2.75) is 17.2 Å². The summed E-state index contributed by atoms with van der Waals surface area (Å²) in [5.74, 6) is 0.473. The highest BCUT2D eigenvalue weighted by molar-refractivity contribution is 6.50. The maximum atomic E-state index is 5.75. The maximum Gasteiger partial charge on any atom is 0.121 e. The predicted octanol–water partition coefficient (Wildman–Crippen LogP) is 2.22. The molecule has 3 heteroatoms. The van der Waals surface area contributed by atoms with Crippen molar-refractivity contribution in [2.24, 2.45) is 5.92 Å². The highest BCUT2D eigenvalue weighted by atomic mass is 35.5. The number of halogens is 2. The van der Waals surface area contributed by atoms with E-state index in [2.05, 4.69) is 0 Å². The van der Waals surface area contributed by atoms with Gasteiger partial charge in [-0.05, 0) is 18.8 Å². The van der Waals surface area contributed by atoms with E-state index in [-0.39, 0.29) is 0 Å². The molecule has 54 valence electrons. The highest BCUT2D eigenvalue weighted by Crippen LogP contribution is 2.54. The summed E-state index contributed by atoms with van der Waals surface area (Å²) in [7, 11) is 1.69. The smallest absolute Gasteiger partial charge is 0.121 e. The lowest BCUT2D eigenvalue weighted by molar-refractivity contribution is 0.189. The summed E-state index contributed by atoms with van der Waals surface area (Å²) in [5, 5.41) is 0. The zero-order valence-corrected chi connectivity index (χ0v) is 6.87. The van der Waals surface area contributed by atoms with Crippen molar-refractivity contribution in [3.63, 3.8) is 0 Å². The first-order valence-electron chi connectivity index (χ1n) is 3.03. The Morgan fingerprint density at radius 1 is 1.67 bits per heavy atom. The number of rotatable bonds is 3. The zero-order chi connectivity index (χ0) is 6.91. The summed E-state index contributed by atoms with van der Waals surface area (Å²) < 4.78 is 4.45. The van der Waals surface area contributed by atoms with E-state index in [4.69, 9.17) is 27.9 Å². The number of ether oxygens (including phenoxy) is 1. The normalized spacial score (nSPS) is 30.3. The standard InChI is InChI=1S/C6H10Cl2O/c1-9-3-2-5-4-6(5,7)8/h5H,2-4H2,1H3. The molecule has 0 aromatic carbocycles. The summed E-state index contributed by atoms with van der Waals surface area (Å²) in [6, 6.07) is 0. The minimum Gasteiger partial charge on any atom is -0.385 e. The summed E-state index contributed by atoms with van der Waals surface area (Å²) in [6.45, 7) is 0.770. The molecule has 0 saturated heterocycles. The Hall–Kier alpha value is 0.540. The molecule has 1 atom stereocenters. The van der Waals surface area contributed by atoms with Gasteiger partial charge < -0.3 is 4.74 Å². The average Bonchev–Trinajstić information content (AvgIpc) is 2.35. The van der Waals surface area contributed by atoms with Crippen molar-refractivity contribution >= 4 is 23.2 Å². The number of alkyl halides is 2. The molecule has 1 rings (SSSR count). The van der Waals surface area contributed by atoms with Crippen molar-refractivity contribution in [3.05, 3.63) is 0 Å². The van der Waals surface area contributed by atoms with Gasteiger partial charge in [0.1, 0.15) is 4.33 Å². The van der Waals surface area contributed by atoms with E-state index in [0.29, 0.717) is 5.92 Å². The van der Waals surface area contributed by atoms with Crippen LogP contribution in [0.2, 0.25) is 0 Å². The van der Waals surface area contributed by atoms with Crippen LogP contribution in [0.1, 0.15) is 12.8 Å². The van der Waals surface area contributed by atoms with Crippen molar-refractivity contribution in [1.29, 1.82) is 0 Å². The molecule has 1 nitrogen and oxygen atoms in total. The third-order valence-electron chi connectivity index (χ3n) is 1.63. The van der Waals surface area contributed by atoms with Crippen LogP contribution in [0.4, 0.5) is 0 Å². The number of hydrogen-bond donors (Lipinski definition) is 0. The SMILES string of the molecule is COCCC1CC1(Cl)Cl. The van der Waals surface area contributed by atoms with Gasteiger partial charge in [-0.1, -0.05) is 0 Å². The highest BCUT2D eigenvalue weighted by Gasteiger charge is 2.50. The molecule has 1 aliphatic rings. The Kier molecular flexibility index (Phi) is 2.25.